The molecule has 1 aliphatic heterocycles. The van der Waals surface area contributed by atoms with Gasteiger partial charge in [-0.05, 0) is 25.5 Å². The Bertz CT molecular complexity index is 403. The number of hydrogen-bond acceptors (Lipinski definition) is 3. The van der Waals surface area contributed by atoms with E-state index in [1.807, 2.05) is 26.1 Å². The number of likely N-dealkylation sites (tertiary alicyclic amines) is 1. The fraction of sp³-hybridized carbons (Fsp3) is 0.667. The number of ether oxygens (including phenoxy) is 1. The molecule has 0 spiro atoms. The zero-order valence-electron chi connectivity index (χ0n) is 12.5. The second-order valence-electron chi connectivity index (χ2n) is 5.06. The first-order chi connectivity index (χ1) is 9.83. The number of aliphatic imine (C=N–C) groups is 1. The third kappa shape index (κ3) is 4.27. The highest BCUT2D eigenvalue weighted by molar-refractivity contribution is 5.80. The summed E-state index contributed by atoms with van der Waals surface area (Å²) in [7, 11) is 1.84. The summed E-state index contributed by atoms with van der Waals surface area (Å²) in [5.41, 5.74) is 0. The molecule has 0 saturated carbocycles. The molecule has 0 aromatic carbocycles. The van der Waals surface area contributed by atoms with Gasteiger partial charge in [-0.3, -0.25) is 4.99 Å². The van der Waals surface area contributed by atoms with Crippen molar-refractivity contribution in [2.24, 2.45) is 10.9 Å². The van der Waals surface area contributed by atoms with Gasteiger partial charge in [-0.25, -0.2) is 0 Å². The van der Waals surface area contributed by atoms with Crippen molar-refractivity contribution in [2.75, 3.05) is 39.9 Å². The van der Waals surface area contributed by atoms with E-state index in [2.05, 4.69) is 15.2 Å². The lowest BCUT2D eigenvalue weighted by molar-refractivity contribution is 0.114. The summed E-state index contributed by atoms with van der Waals surface area (Å²) < 4.78 is 10.8. The molecule has 0 aliphatic carbocycles. The normalized spacial score (nSPS) is 19.6. The largest absolute Gasteiger partial charge is 0.469 e. The van der Waals surface area contributed by atoms with Crippen LogP contribution in [0, 0.1) is 5.92 Å². The van der Waals surface area contributed by atoms with Crippen molar-refractivity contribution in [1.29, 1.82) is 0 Å². The van der Waals surface area contributed by atoms with Gasteiger partial charge >= 0.3 is 0 Å². The first kappa shape index (κ1) is 14.9. The van der Waals surface area contributed by atoms with Crippen molar-refractivity contribution in [3.8, 4) is 0 Å². The lowest BCUT2D eigenvalue weighted by Gasteiger charge is -2.21. The highest BCUT2D eigenvalue weighted by Crippen LogP contribution is 2.16. The van der Waals surface area contributed by atoms with Gasteiger partial charge in [-0.2, -0.15) is 0 Å². The fourth-order valence-corrected chi connectivity index (χ4v) is 2.53. The van der Waals surface area contributed by atoms with Crippen LogP contribution in [-0.4, -0.2) is 50.8 Å². The molecule has 1 aromatic heterocycles. The third-order valence-electron chi connectivity index (χ3n) is 3.59. The summed E-state index contributed by atoms with van der Waals surface area (Å²) >= 11 is 0. The van der Waals surface area contributed by atoms with Gasteiger partial charge in [0.05, 0.1) is 12.9 Å². The highest BCUT2D eigenvalue weighted by atomic mass is 16.5. The number of guanidine groups is 1. The molecule has 2 heterocycles. The molecule has 1 unspecified atom stereocenters. The highest BCUT2D eigenvalue weighted by Gasteiger charge is 2.24. The molecule has 0 radical (unpaired) electrons. The van der Waals surface area contributed by atoms with Crippen molar-refractivity contribution in [1.82, 2.24) is 10.2 Å². The summed E-state index contributed by atoms with van der Waals surface area (Å²) in [6.07, 6.45) is 3.77. The summed E-state index contributed by atoms with van der Waals surface area (Å²) in [5, 5.41) is 3.40. The Kier molecular flexibility index (Phi) is 5.92. The van der Waals surface area contributed by atoms with Gasteiger partial charge in [-0.1, -0.05) is 0 Å². The van der Waals surface area contributed by atoms with Crippen LogP contribution in [0.15, 0.2) is 27.8 Å². The quantitative estimate of drug-likeness (QED) is 0.637. The molecule has 1 fully saturated rings. The molecule has 1 saturated heterocycles. The van der Waals surface area contributed by atoms with Crippen molar-refractivity contribution in [3.05, 3.63) is 24.2 Å². The Balaban J connectivity index is 1.72. The SMILES string of the molecule is CCOCC1CCN(C(=NC)NCCc2ccco2)C1. The molecule has 0 amide bonds. The third-order valence-corrected chi connectivity index (χ3v) is 3.59. The Labute approximate surface area is 121 Å². The van der Waals surface area contributed by atoms with Crippen molar-refractivity contribution < 1.29 is 9.15 Å². The fourth-order valence-electron chi connectivity index (χ4n) is 2.53. The number of nitrogens with zero attached hydrogens (tertiary/aromatic N) is 2. The van der Waals surface area contributed by atoms with Gasteiger partial charge in [0.15, 0.2) is 5.96 Å². The molecule has 1 atom stereocenters. The van der Waals surface area contributed by atoms with Crippen molar-refractivity contribution in [2.45, 2.75) is 19.8 Å². The molecular formula is C15H25N3O2. The average Bonchev–Trinajstić information content (AvgIpc) is 3.13. The van der Waals surface area contributed by atoms with Gasteiger partial charge in [-0.15, -0.1) is 0 Å². The van der Waals surface area contributed by atoms with Crippen LogP contribution in [0.1, 0.15) is 19.1 Å². The van der Waals surface area contributed by atoms with Crippen LogP contribution < -0.4 is 5.32 Å². The van der Waals surface area contributed by atoms with E-state index in [4.69, 9.17) is 9.15 Å². The maximum Gasteiger partial charge on any atom is 0.193 e. The Morgan fingerprint density at radius 1 is 1.60 bits per heavy atom. The van der Waals surface area contributed by atoms with Gasteiger partial charge in [0.25, 0.3) is 0 Å². The Morgan fingerprint density at radius 3 is 3.20 bits per heavy atom. The zero-order chi connectivity index (χ0) is 14.2. The van der Waals surface area contributed by atoms with Gasteiger partial charge < -0.3 is 19.4 Å². The van der Waals surface area contributed by atoms with Crippen LogP contribution in [0.2, 0.25) is 0 Å². The van der Waals surface area contributed by atoms with E-state index in [1.165, 1.54) is 6.42 Å². The summed E-state index contributed by atoms with van der Waals surface area (Å²) in [6.45, 7) is 6.62. The van der Waals surface area contributed by atoms with E-state index in [9.17, 15) is 0 Å². The van der Waals surface area contributed by atoms with E-state index >= 15 is 0 Å². The van der Waals surface area contributed by atoms with Crippen LogP contribution in [0.3, 0.4) is 0 Å². The summed E-state index contributed by atoms with van der Waals surface area (Å²) in [4.78, 5) is 6.67. The Hall–Kier alpha value is -1.49. The molecule has 20 heavy (non-hydrogen) atoms. The van der Waals surface area contributed by atoms with Crippen LogP contribution in [0.25, 0.3) is 0 Å². The standard InChI is InChI=1S/C15H25N3O2/c1-3-19-12-13-7-9-18(11-13)15(16-2)17-8-6-14-5-4-10-20-14/h4-5,10,13H,3,6-9,11-12H2,1-2H3,(H,16,17). The Morgan fingerprint density at radius 2 is 2.50 bits per heavy atom. The molecule has 1 aliphatic rings. The summed E-state index contributed by atoms with van der Waals surface area (Å²) in [6, 6.07) is 3.92. The number of rotatable bonds is 6. The lowest BCUT2D eigenvalue weighted by Crippen LogP contribution is -2.41. The van der Waals surface area contributed by atoms with Crippen molar-refractivity contribution in [3.63, 3.8) is 0 Å². The molecule has 5 heteroatoms. The van der Waals surface area contributed by atoms with E-state index < -0.39 is 0 Å². The number of nitrogens with one attached hydrogen (secondary N) is 1. The second kappa shape index (κ2) is 7.94. The number of hydrogen-bond donors (Lipinski definition) is 1. The average molecular weight is 279 g/mol. The molecule has 1 aromatic rings. The molecule has 2 rings (SSSR count). The van der Waals surface area contributed by atoms with E-state index in [1.54, 1.807) is 6.26 Å². The molecule has 1 N–H and O–H groups in total. The lowest BCUT2D eigenvalue weighted by atomic mass is 10.1. The minimum absolute atomic E-state index is 0.624. The molecular weight excluding hydrogens is 254 g/mol. The van der Waals surface area contributed by atoms with Gasteiger partial charge in [0, 0.05) is 45.6 Å². The maximum atomic E-state index is 5.51. The predicted octanol–water partition coefficient (Wildman–Crippen LogP) is 1.76. The van der Waals surface area contributed by atoms with Crippen LogP contribution in [-0.2, 0) is 11.2 Å². The van der Waals surface area contributed by atoms with Gasteiger partial charge in [0.1, 0.15) is 5.76 Å². The van der Waals surface area contributed by atoms with Crippen LogP contribution >= 0.6 is 0 Å². The van der Waals surface area contributed by atoms with E-state index in [0.29, 0.717) is 5.92 Å². The molecule has 0 bridgehead atoms. The van der Waals surface area contributed by atoms with Gasteiger partial charge in [0.2, 0.25) is 0 Å². The predicted molar refractivity (Wildman–Crippen MR) is 79.9 cm³/mol. The molecule has 112 valence electrons. The van der Waals surface area contributed by atoms with Crippen LogP contribution in [0.4, 0.5) is 0 Å². The van der Waals surface area contributed by atoms with E-state index in [0.717, 1.165) is 51.0 Å². The minimum Gasteiger partial charge on any atom is -0.469 e. The monoisotopic (exact) mass is 279 g/mol. The number of furan rings is 1. The van der Waals surface area contributed by atoms with E-state index in [-0.39, 0.29) is 0 Å². The maximum absolute atomic E-state index is 5.51. The first-order valence-electron chi connectivity index (χ1n) is 7.39. The zero-order valence-corrected chi connectivity index (χ0v) is 12.5. The van der Waals surface area contributed by atoms with Crippen molar-refractivity contribution >= 4 is 5.96 Å². The summed E-state index contributed by atoms with van der Waals surface area (Å²) in [5.74, 6) is 2.61. The molecule has 5 nitrogen and oxygen atoms in total. The van der Waals surface area contributed by atoms with Crippen LogP contribution in [0.5, 0.6) is 0 Å². The second-order valence-corrected chi connectivity index (χ2v) is 5.06. The smallest absolute Gasteiger partial charge is 0.193 e. The minimum atomic E-state index is 0.624. The first-order valence-corrected chi connectivity index (χ1v) is 7.39. The topological polar surface area (TPSA) is 50.0 Å².